The lowest BCUT2D eigenvalue weighted by Crippen LogP contribution is -2.16. The van der Waals surface area contributed by atoms with E-state index in [9.17, 15) is 5.11 Å². The number of aliphatic hydroxyl groups excluding tert-OH is 1. The van der Waals surface area contributed by atoms with Crippen molar-refractivity contribution in [3.05, 3.63) is 35.9 Å². The minimum atomic E-state index is 0.343. The van der Waals surface area contributed by atoms with Crippen molar-refractivity contribution >= 4 is 24.3 Å². The molecule has 62 valence electrons. The highest BCUT2D eigenvalue weighted by Gasteiger charge is 2.14. The van der Waals surface area contributed by atoms with E-state index in [-0.39, 0.29) is 0 Å². The van der Waals surface area contributed by atoms with Crippen molar-refractivity contribution in [1.29, 1.82) is 0 Å². The molecule has 2 rings (SSSR count). The first-order valence-electron chi connectivity index (χ1n) is 3.74. The van der Waals surface area contributed by atoms with Crippen LogP contribution in [-0.4, -0.2) is 11.7 Å². The Hall–Kier alpha value is -1.09. The van der Waals surface area contributed by atoms with Crippen LogP contribution in [0.1, 0.15) is 5.56 Å². The third kappa shape index (κ3) is 1.06. The molecule has 1 aromatic rings. The summed E-state index contributed by atoms with van der Waals surface area (Å²) in [5, 5.41) is 9.48. The van der Waals surface area contributed by atoms with Crippen LogP contribution in [0.25, 0.3) is 5.76 Å². The predicted octanol–water partition coefficient (Wildman–Crippen LogP) is 2.25. The molecule has 1 aliphatic rings. The van der Waals surface area contributed by atoms with Crippen LogP contribution in [0.4, 0.5) is 5.69 Å². The maximum Gasteiger partial charge on any atom is 0.122 e. The molecule has 0 spiro atoms. The molecule has 0 aliphatic carbocycles. The zero-order chi connectivity index (χ0) is 8.55. The van der Waals surface area contributed by atoms with E-state index in [0.717, 1.165) is 11.3 Å². The number of anilines is 1. The average Bonchev–Trinajstić information content (AvgIpc) is 2.12. The molecule has 1 heterocycles. The highest BCUT2D eigenvalue weighted by atomic mass is 32.1. The van der Waals surface area contributed by atoms with Crippen LogP contribution < -0.4 is 4.31 Å². The summed E-state index contributed by atoms with van der Waals surface area (Å²) in [4.78, 5) is 0. The van der Waals surface area contributed by atoms with Crippen molar-refractivity contribution in [2.45, 2.75) is 0 Å². The molecule has 1 N–H and O–H groups in total. The van der Waals surface area contributed by atoms with Crippen LogP contribution in [0.15, 0.2) is 30.3 Å². The lowest BCUT2D eigenvalue weighted by Gasteiger charge is -2.23. The zero-order valence-electron chi connectivity index (χ0n) is 6.44. The van der Waals surface area contributed by atoms with Gasteiger partial charge < -0.3 is 9.41 Å². The van der Waals surface area contributed by atoms with Crippen LogP contribution in [0.3, 0.4) is 0 Å². The molecule has 0 radical (unpaired) electrons. The van der Waals surface area contributed by atoms with E-state index in [1.165, 1.54) is 0 Å². The number of benzene rings is 1. The van der Waals surface area contributed by atoms with Crippen LogP contribution in [-0.2, 0) is 0 Å². The van der Waals surface area contributed by atoms with Gasteiger partial charge in [0.25, 0.3) is 0 Å². The molecule has 3 heteroatoms. The van der Waals surface area contributed by atoms with E-state index >= 15 is 0 Å². The Morgan fingerprint density at radius 2 is 2.08 bits per heavy atom. The SMILES string of the molecule is OC1=CCN(S)c2ccccc21. The molecule has 1 aliphatic heterocycles. The first-order valence-corrected chi connectivity index (χ1v) is 4.14. The van der Waals surface area contributed by atoms with Crippen molar-refractivity contribution in [2.75, 3.05) is 10.8 Å². The van der Waals surface area contributed by atoms with Crippen molar-refractivity contribution in [3.8, 4) is 0 Å². The van der Waals surface area contributed by atoms with Gasteiger partial charge in [0, 0.05) is 5.56 Å². The second kappa shape index (κ2) is 2.75. The number of rotatable bonds is 0. The quantitative estimate of drug-likeness (QED) is 0.597. The van der Waals surface area contributed by atoms with Gasteiger partial charge in [0.2, 0.25) is 0 Å². The number of fused-ring (bicyclic) bond motifs is 1. The first-order chi connectivity index (χ1) is 5.79. The van der Waals surface area contributed by atoms with E-state index in [1.54, 1.807) is 10.4 Å². The van der Waals surface area contributed by atoms with Crippen LogP contribution in [0, 0.1) is 0 Å². The van der Waals surface area contributed by atoms with Crippen molar-refractivity contribution < 1.29 is 5.11 Å². The van der Waals surface area contributed by atoms with E-state index in [2.05, 4.69) is 12.8 Å². The minimum Gasteiger partial charge on any atom is -0.508 e. The molecular formula is C9H9NOS. The van der Waals surface area contributed by atoms with Crippen molar-refractivity contribution in [2.24, 2.45) is 0 Å². The van der Waals surface area contributed by atoms with Crippen molar-refractivity contribution in [3.63, 3.8) is 0 Å². The number of hydrogen-bond acceptors (Lipinski definition) is 3. The normalized spacial score (nSPS) is 15.4. The number of thiol groups is 1. The summed E-state index contributed by atoms with van der Waals surface area (Å²) in [5.74, 6) is 0.343. The molecule has 0 aromatic heterocycles. The lowest BCUT2D eigenvalue weighted by molar-refractivity contribution is 0.509. The molecule has 0 fully saturated rings. The standard InChI is InChI=1S/C9H9NOS/c11-9-5-6-10(12)8-4-2-1-3-7(8)9/h1-5,11-12H,6H2. The fraction of sp³-hybridized carbons (Fsp3) is 0.111. The van der Waals surface area contributed by atoms with Gasteiger partial charge in [0.1, 0.15) is 5.76 Å². The van der Waals surface area contributed by atoms with Crippen molar-refractivity contribution in [1.82, 2.24) is 0 Å². The Morgan fingerprint density at radius 3 is 2.83 bits per heavy atom. The molecule has 0 unspecified atom stereocenters. The Kier molecular flexibility index (Phi) is 1.73. The van der Waals surface area contributed by atoms with Gasteiger partial charge in [0.15, 0.2) is 0 Å². The first kappa shape index (κ1) is 7.55. The molecule has 0 bridgehead atoms. The molecule has 2 nitrogen and oxygen atoms in total. The molecule has 0 amide bonds. The highest BCUT2D eigenvalue weighted by Crippen LogP contribution is 2.30. The summed E-state index contributed by atoms with van der Waals surface area (Å²) in [6.45, 7) is 0.645. The molecule has 12 heavy (non-hydrogen) atoms. The fourth-order valence-electron chi connectivity index (χ4n) is 1.30. The van der Waals surface area contributed by atoms with Gasteiger partial charge in [-0.1, -0.05) is 24.9 Å². The average molecular weight is 179 g/mol. The van der Waals surface area contributed by atoms with Gasteiger partial charge in [-0.25, -0.2) is 0 Å². The monoisotopic (exact) mass is 179 g/mol. The summed E-state index contributed by atoms with van der Waals surface area (Å²) in [5.41, 5.74) is 1.81. The van der Waals surface area contributed by atoms with Crippen LogP contribution in [0.2, 0.25) is 0 Å². The molecule has 1 aromatic carbocycles. The number of para-hydroxylation sites is 1. The summed E-state index contributed by atoms with van der Waals surface area (Å²) in [6, 6.07) is 7.64. The summed E-state index contributed by atoms with van der Waals surface area (Å²) in [6.07, 6.45) is 1.75. The Balaban J connectivity index is 2.58. The van der Waals surface area contributed by atoms with Crippen LogP contribution in [0.5, 0.6) is 0 Å². The number of nitrogens with zero attached hydrogens (tertiary/aromatic N) is 1. The van der Waals surface area contributed by atoms with E-state index in [1.807, 2.05) is 24.3 Å². The summed E-state index contributed by atoms with van der Waals surface area (Å²) >= 11 is 4.26. The van der Waals surface area contributed by atoms with E-state index in [0.29, 0.717) is 12.3 Å². The second-order valence-corrected chi connectivity index (χ2v) is 3.17. The fourth-order valence-corrected chi connectivity index (χ4v) is 1.55. The Morgan fingerprint density at radius 1 is 1.33 bits per heavy atom. The molecule has 0 saturated heterocycles. The van der Waals surface area contributed by atoms with Gasteiger partial charge in [-0.2, -0.15) is 0 Å². The lowest BCUT2D eigenvalue weighted by atomic mass is 10.1. The summed E-state index contributed by atoms with van der Waals surface area (Å²) in [7, 11) is 0. The predicted molar refractivity (Wildman–Crippen MR) is 53.4 cm³/mol. The minimum absolute atomic E-state index is 0.343. The largest absolute Gasteiger partial charge is 0.508 e. The molecular weight excluding hydrogens is 170 g/mol. The maximum absolute atomic E-state index is 9.48. The number of aliphatic hydroxyl groups is 1. The van der Waals surface area contributed by atoms with Gasteiger partial charge in [-0.05, 0) is 18.2 Å². The van der Waals surface area contributed by atoms with Gasteiger partial charge in [-0.3, -0.25) is 0 Å². The van der Waals surface area contributed by atoms with E-state index in [4.69, 9.17) is 0 Å². The Bertz CT molecular complexity index is 335. The highest BCUT2D eigenvalue weighted by molar-refractivity contribution is 7.81. The molecule has 0 atom stereocenters. The topological polar surface area (TPSA) is 23.5 Å². The number of hydrogen-bond donors (Lipinski definition) is 2. The van der Waals surface area contributed by atoms with Gasteiger partial charge in [-0.15, -0.1) is 0 Å². The van der Waals surface area contributed by atoms with Gasteiger partial charge in [0.05, 0.1) is 12.2 Å². The smallest absolute Gasteiger partial charge is 0.122 e. The van der Waals surface area contributed by atoms with Crippen LogP contribution >= 0.6 is 12.8 Å². The second-order valence-electron chi connectivity index (χ2n) is 2.69. The third-order valence-electron chi connectivity index (χ3n) is 1.92. The maximum atomic E-state index is 9.48. The molecule has 0 saturated carbocycles. The third-order valence-corrected chi connectivity index (χ3v) is 2.29. The van der Waals surface area contributed by atoms with E-state index < -0.39 is 0 Å². The van der Waals surface area contributed by atoms with Gasteiger partial charge >= 0.3 is 0 Å². The summed E-state index contributed by atoms with van der Waals surface area (Å²) < 4.78 is 1.80. The zero-order valence-corrected chi connectivity index (χ0v) is 7.33. The Labute approximate surface area is 76.7 Å².